The van der Waals surface area contributed by atoms with Gasteiger partial charge in [0.15, 0.2) is 0 Å². The van der Waals surface area contributed by atoms with Crippen LogP contribution in [0.1, 0.15) is 29.5 Å². The Morgan fingerprint density at radius 3 is 2.03 bits per heavy atom. The van der Waals surface area contributed by atoms with E-state index in [1.54, 1.807) is 4.90 Å². The highest BCUT2D eigenvalue weighted by atomic mass is 16.2. The molecule has 1 atom stereocenters. The van der Waals surface area contributed by atoms with Gasteiger partial charge in [0.25, 0.3) is 0 Å². The van der Waals surface area contributed by atoms with E-state index >= 15 is 0 Å². The average molecular weight is 384 g/mol. The summed E-state index contributed by atoms with van der Waals surface area (Å²) in [5.74, 6) is -0.666. The fraction of sp³-hybridized carbons (Fsp3) is 0.200. The van der Waals surface area contributed by atoms with Crippen molar-refractivity contribution in [3.63, 3.8) is 0 Å². The number of carbonyl (C=O) groups is 2. The largest absolute Gasteiger partial charge is 0.355 e. The lowest BCUT2D eigenvalue weighted by molar-refractivity contribution is -0.126. The first-order valence-corrected chi connectivity index (χ1v) is 9.99. The molecule has 0 aromatic heterocycles. The van der Waals surface area contributed by atoms with E-state index in [1.165, 1.54) is 0 Å². The van der Waals surface area contributed by atoms with Crippen molar-refractivity contribution in [2.24, 2.45) is 0 Å². The number of nitrogens with one attached hydrogen (secondary N) is 1. The normalized spacial score (nSPS) is 15.2. The van der Waals surface area contributed by atoms with E-state index in [1.807, 2.05) is 91.9 Å². The fourth-order valence-corrected chi connectivity index (χ4v) is 4.07. The van der Waals surface area contributed by atoms with Crippen LogP contribution in [-0.2, 0) is 16.0 Å². The highest BCUT2D eigenvalue weighted by Gasteiger charge is 2.41. The maximum Gasteiger partial charge on any atom is 0.243 e. The molecule has 1 N–H and O–H groups in total. The number of rotatable bonds is 5. The Kier molecular flexibility index (Phi) is 5.43. The maximum absolute atomic E-state index is 14.0. The number of nitrogens with zero attached hydrogens (tertiary/aromatic N) is 1. The predicted molar refractivity (Wildman–Crippen MR) is 115 cm³/mol. The Morgan fingerprint density at radius 2 is 1.45 bits per heavy atom. The second-order valence-corrected chi connectivity index (χ2v) is 7.21. The quantitative estimate of drug-likeness (QED) is 0.725. The Hall–Kier alpha value is -3.40. The van der Waals surface area contributed by atoms with Gasteiger partial charge in [0, 0.05) is 18.7 Å². The van der Waals surface area contributed by atoms with Crippen LogP contribution >= 0.6 is 0 Å². The van der Waals surface area contributed by atoms with E-state index in [-0.39, 0.29) is 11.8 Å². The highest BCUT2D eigenvalue weighted by molar-refractivity contribution is 6.07. The number of hydrogen-bond acceptors (Lipinski definition) is 2. The van der Waals surface area contributed by atoms with Crippen molar-refractivity contribution in [2.75, 3.05) is 11.4 Å². The minimum atomic E-state index is -0.533. The van der Waals surface area contributed by atoms with Crippen LogP contribution in [0, 0.1) is 0 Å². The van der Waals surface area contributed by atoms with Gasteiger partial charge in [-0.25, -0.2) is 0 Å². The Bertz CT molecular complexity index is 962. The standard InChI is InChI=1S/C25H24N2O2/c1-2-26-24(28)22-17-20-15-9-10-16-21(20)27(22)25(29)23(18-11-5-3-6-12-18)19-13-7-4-8-14-19/h3-16,22-23H,2,17H2,1H3,(H,26,28). The molecule has 4 nitrogen and oxygen atoms in total. The molecule has 4 rings (SSSR count). The molecule has 0 spiro atoms. The molecule has 1 aliphatic rings. The van der Waals surface area contributed by atoms with Gasteiger partial charge < -0.3 is 5.32 Å². The average Bonchev–Trinajstić information content (AvgIpc) is 3.15. The van der Waals surface area contributed by atoms with E-state index in [9.17, 15) is 9.59 Å². The van der Waals surface area contributed by atoms with E-state index in [0.717, 1.165) is 22.4 Å². The SMILES string of the molecule is CCNC(=O)C1Cc2ccccc2N1C(=O)C(c1ccccc1)c1ccccc1. The van der Waals surface area contributed by atoms with Crippen molar-refractivity contribution in [3.05, 3.63) is 102 Å². The second-order valence-electron chi connectivity index (χ2n) is 7.21. The van der Waals surface area contributed by atoms with Crippen LogP contribution in [0.3, 0.4) is 0 Å². The number of hydrogen-bond donors (Lipinski definition) is 1. The monoisotopic (exact) mass is 384 g/mol. The first kappa shape index (κ1) is 18.9. The molecule has 1 unspecified atom stereocenters. The van der Waals surface area contributed by atoms with Crippen LogP contribution in [0.2, 0.25) is 0 Å². The molecule has 1 aliphatic heterocycles. The lowest BCUT2D eigenvalue weighted by atomic mass is 9.89. The molecule has 1 heterocycles. The van der Waals surface area contributed by atoms with E-state index in [0.29, 0.717) is 13.0 Å². The molecule has 0 saturated heterocycles. The fourth-order valence-electron chi connectivity index (χ4n) is 4.07. The lowest BCUT2D eigenvalue weighted by Crippen LogP contribution is -2.49. The van der Waals surface area contributed by atoms with Gasteiger partial charge in [-0.1, -0.05) is 78.9 Å². The molecule has 0 radical (unpaired) electrons. The molecule has 0 fully saturated rings. The summed E-state index contributed by atoms with van der Waals surface area (Å²) in [6.45, 7) is 2.43. The van der Waals surface area contributed by atoms with Crippen LogP contribution in [0.15, 0.2) is 84.9 Å². The smallest absolute Gasteiger partial charge is 0.243 e. The summed E-state index contributed by atoms with van der Waals surface area (Å²) in [4.78, 5) is 28.5. The topological polar surface area (TPSA) is 49.4 Å². The number of amides is 2. The number of benzene rings is 3. The molecule has 0 aliphatic carbocycles. The molecule has 0 saturated carbocycles. The zero-order valence-corrected chi connectivity index (χ0v) is 16.4. The van der Waals surface area contributed by atoms with Gasteiger partial charge in [0.05, 0.1) is 5.92 Å². The molecule has 29 heavy (non-hydrogen) atoms. The predicted octanol–water partition coefficient (Wildman–Crippen LogP) is 3.91. The molecule has 0 bridgehead atoms. The Morgan fingerprint density at radius 1 is 0.897 bits per heavy atom. The third-order valence-corrected chi connectivity index (χ3v) is 5.38. The number of carbonyl (C=O) groups excluding carboxylic acids is 2. The molecule has 2 amide bonds. The zero-order valence-electron chi connectivity index (χ0n) is 16.4. The van der Waals surface area contributed by atoms with Gasteiger partial charge in [-0.3, -0.25) is 14.5 Å². The summed E-state index contributed by atoms with van der Waals surface area (Å²) in [6, 6.07) is 26.8. The lowest BCUT2D eigenvalue weighted by Gasteiger charge is -2.29. The van der Waals surface area contributed by atoms with Gasteiger partial charge in [0.2, 0.25) is 11.8 Å². The number of fused-ring (bicyclic) bond motifs is 1. The van der Waals surface area contributed by atoms with Gasteiger partial charge in [-0.15, -0.1) is 0 Å². The summed E-state index contributed by atoms with van der Waals surface area (Å²) >= 11 is 0. The van der Waals surface area contributed by atoms with Crippen LogP contribution in [-0.4, -0.2) is 24.4 Å². The summed E-state index contributed by atoms with van der Waals surface area (Å²) < 4.78 is 0. The molecule has 3 aromatic rings. The van der Waals surface area contributed by atoms with E-state index in [2.05, 4.69) is 5.32 Å². The van der Waals surface area contributed by atoms with Crippen LogP contribution < -0.4 is 10.2 Å². The highest BCUT2D eigenvalue weighted by Crippen LogP contribution is 2.37. The minimum Gasteiger partial charge on any atom is -0.355 e. The third kappa shape index (κ3) is 3.66. The minimum absolute atomic E-state index is 0.0800. The first-order chi connectivity index (χ1) is 14.2. The third-order valence-electron chi connectivity index (χ3n) is 5.38. The molecule has 146 valence electrons. The zero-order chi connectivity index (χ0) is 20.2. The summed E-state index contributed by atoms with van der Waals surface area (Å²) in [6.07, 6.45) is 0.532. The number of para-hydroxylation sites is 1. The summed E-state index contributed by atoms with van der Waals surface area (Å²) in [5, 5.41) is 2.89. The maximum atomic E-state index is 14.0. The molecule has 4 heteroatoms. The number of anilines is 1. The first-order valence-electron chi connectivity index (χ1n) is 9.99. The second kappa shape index (κ2) is 8.31. The molecule has 3 aromatic carbocycles. The van der Waals surface area contributed by atoms with E-state index in [4.69, 9.17) is 0 Å². The summed E-state index contributed by atoms with van der Waals surface area (Å²) in [5.41, 5.74) is 3.69. The van der Waals surface area contributed by atoms with E-state index < -0.39 is 12.0 Å². The van der Waals surface area contributed by atoms with Crippen molar-refractivity contribution in [3.8, 4) is 0 Å². The van der Waals surface area contributed by atoms with Crippen LogP contribution in [0.4, 0.5) is 5.69 Å². The summed E-state index contributed by atoms with van der Waals surface area (Å²) in [7, 11) is 0. The van der Waals surface area contributed by atoms with Crippen molar-refractivity contribution < 1.29 is 9.59 Å². The molecular weight excluding hydrogens is 360 g/mol. The van der Waals surface area contributed by atoms with Crippen molar-refractivity contribution in [1.29, 1.82) is 0 Å². The van der Waals surface area contributed by atoms with Gasteiger partial charge in [-0.05, 0) is 29.7 Å². The Labute approximate surface area is 171 Å². The number of likely N-dealkylation sites (N-methyl/N-ethyl adjacent to an activating group) is 1. The molecular formula is C25H24N2O2. The van der Waals surface area contributed by atoms with Gasteiger partial charge >= 0.3 is 0 Å². The van der Waals surface area contributed by atoms with Crippen molar-refractivity contribution >= 4 is 17.5 Å². The van der Waals surface area contributed by atoms with Crippen LogP contribution in [0.5, 0.6) is 0 Å². The Balaban J connectivity index is 1.80. The van der Waals surface area contributed by atoms with Gasteiger partial charge in [0.1, 0.15) is 6.04 Å². The van der Waals surface area contributed by atoms with Crippen LogP contribution in [0.25, 0.3) is 0 Å². The van der Waals surface area contributed by atoms with Crippen molar-refractivity contribution in [1.82, 2.24) is 5.32 Å². The van der Waals surface area contributed by atoms with Gasteiger partial charge in [-0.2, -0.15) is 0 Å². The van der Waals surface area contributed by atoms with Crippen molar-refractivity contribution in [2.45, 2.75) is 25.3 Å².